The number of nitrogens with one attached hydrogen (secondary N) is 1. The van der Waals surface area contributed by atoms with Crippen LogP contribution in [-0.4, -0.2) is 67.3 Å². The first-order valence-corrected chi connectivity index (χ1v) is 10.2. The van der Waals surface area contributed by atoms with E-state index in [1.807, 2.05) is 0 Å². The number of urea groups is 1. The van der Waals surface area contributed by atoms with Crippen molar-refractivity contribution in [3.63, 3.8) is 0 Å². The summed E-state index contributed by atoms with van der Waals surface area (Å²) in [6.07, 6.45) is 12.3. The number of hydrogen-bond donors (Lipinski definition) is 1. The van der Waals surface area contributed by atoms with E-state index in [1.54, 1.807) is 0 Å². The quantitative estimate of drug-likeness (QED) is 0.842. The van der Waals surface area contributed by atoms with Crippen molar-refractivity contribution in [2.24, 2.45) is 0 Å². The Labute approximate surface area is 147 Å². The second-order valence-electron chi connectivity index (χ2n) is 7.71. The predicted octanol–water partition coefficient (Wildman–Crippen LogP) is 3.00. The summed E-state index contributed by atoms with van der Waals surface area (Å²) in [5.74, 6) is 0. The molecule has 0 radical (unpaired) electrons. The van der Waals surface area contributed by atoms with E-state index in [-0.39, 0.29) is 6.03 Å². The highest BCUT2D eigenvalue weighted by Crippen LogP contribution is 2.19. The monoisotopic (exact) mass is 337 g/mol. The topological polar surface area (TPSA) is 44.8 Å². The van der Waals surface area contributed by atoms with Gasteiger partial charge in [-0.3, -0.25) is 4.90 Å². The van der Waals surface area contributed by atoms with Gasteiger partial charge >= 0.3 is 6.03 Å². The Morgan fingerprint density at radius 2 is 1.50 bits per heavy atom. The number of nitrogens with zero attached hydrogens (tertiary/aromatic N) is 2. The van der Waals surface area contributed by atoms with Crippen molar-refractivity contribution in [1.82, 2.24) is 15.1 Å². The highest BCUT2D eigenvalue weighted by Gasteiger charge is 2.26. The van der Waals surface area contributed by atoms with Crippen molar-refractivity contribution >= 4 is 6.03 Å². The molecule has 3 rings (SSSR count). The summed E-state index contributed by atoms with van der Waals surface area (Å²) in [6, 6.07) is 1.23. The van der Waals surface area contributed by atoms with Crippen LogP contribution in [0.25, 0.3) is 0 Å². The zero-order chi connectivity index (χ0) is 16.6. The molecule has 0 aromatic rings. The lowest BCUT2D eigenvalue weighted by molar-refractivity contribution is 0.0356. The van der Waals surface area contributed by atoms with Gasteiger partial charge < -0.3 is 15.0 Å². The Balaban J connectivity index is 1.45. The van der Waals surface area contributed by atoms with Crippen LogP contribution in [0.15, 0.2) is 0 Å². The zero-order valence-electron chi connectivity index (χ0n) is 15.2. The van der Waals surface area contributed by atoms with Crippen LogP contribution in [0.1, 0.15) is 64.2 Å². The Hall–Kier alpha value is -0.810. The third kappa shape index (κ3) is 5.35. The van der Waals surface area contributed by atoms with Gasteiger partial charge in [-0.1, -0.05) is 32.1 Å². The summed E-state index contributed by atoms with van der Waals surface area (Å²) in [4.78, 5) is 17.3. The number of ether oxygens (including phenoxy) is 1. The van der Waals surface area contributed by atoms with Crippen molar-refractivity contribution < 1.29 is 9.53 Å². The molecule has 2 aliphatic heterocycles. The van der Waals surface area contributed by atoms with Crippen LogP contribution in [0.4, 0.5) is 4.79 Å². The molecular weight excluding hydrogens is 302 g/mol. The number of rotatable bonds is 2. The number of carbonyl (C=O) groups excluding carboxylic acids is 1. The van der Waals surface area contributed by atoms with E-state index >= 15 is 0 Å². The van der Waals surface area contributed by atoms with Gasteiger partial charge in [-0.05, 0) is 32.1 Å². The highest BCUT2D eigenvalue weighted by atomic mass is 16.5. The average Bonchev–Trinajstić information content (AvgIpc) is 2.84. The van der Waals surface area contributed by atoms with E-state index in [2.05, 4.69) is 15.1 Å². The van der Waals surface area contributed by atoms with E-state index < -0.39 is 0 Å². The minimum Gasteiger partial charge on any atom is -0.381 e. The third-order valence-corrected chi connectivity index (χ3v) is 5.96. The standard InChI is InChI=1S/C19H35N3O2/c23-19(20-17-7-4-2-1-3-5-8-17)22-12-6-11-21(13-14-22)18-9-15-24-16-10-18/h17-18H,1-16H2,(H,20,23). The molecule has 2 heterocycles. The summed E-state index contributed by atoms with van der Waals surface area (Å²) in [5, 5.41) is 3.33. The predicted molar refractivity (Wildman–Crippen MR) is 96.2 cm³/mol. The molecule has 1 aliphatic carbocycles. The molecule has 0 spiro atoms. The van der Waals surface area contributed by atoms with Gasteiger partial charge in [0.2, 0.25) is 0 Å². The molecule has 5 heteroatoms. The summed E-state index contributed by atoms with van der Waals surface area (Å²) in [7, 11) is 0. The molecule has 0 atom stereocenters. The first-order valence-electron chi connectivity index (χ1n) is 10.2. The van der Waals surface area contributed by atoms with E-state index in [9.17, 15) is 4.79 Å². The lowest BCUT2D eigenvalue weighted by Crippen LogP contribution is -2.47. The molecule has 138 valence electrons. The van der Waals surface area contributed by atoms with Gasteiger partial charge in [-0.25, -0.2) is 4.79 Å². The molecule has 1 saturated carbocycles. The maximum absolute atomic E-state index is 12.7. The van der Waals surface area contributed by atoms with E-state index in [0.29, 0.717) is 12.1 Å². The van der Waals surface area contributed by atoms with Crippen molar-refractivity contribution in [2.45, 2.75) is 76.3 Å². The molecule has 24 heavy (non-hydrogen) atoms. The lowest BCUT2D eigenvalue weighted by Gasteiger charge is -2.33. The highest BCUT2D eigenvalue weighted by molar-refractivity contribution is 5.74. The van der Waals surface area contributed by atoms with Crippen LogP contribution in [-0.2, 0) is 4.74 Å². The molecule has 0 bridgehead atoms. The van der Waals surface area contributed by atoms with Crippen LogP contribution in [0, 0.1) is 0 Å². The Bertz CT molecular complexity index is 377. The molecule has 0 aromatic heterocycles. The Kier molecular flexibility index (Phi) is 7.21. The van der Waals surface area contributed by atoms with Gasteiger partial charge in [0.25, 0.3) is 0 Å². The number of amides is 2. The fourth-order valence-electron chi connectivity index (χ4n) is 4.42. The maximum atomic E-state index is 12.7. The first-order chi connectivity index (χ1) is 11.8. The summed E-state index contributed by atoms with van der Waals surface area (Å²) < 4.78 is 5.48. The maximum Gasteiger partial charge on any atom is 0.317 e. The van der Waals surface area contributed by atoms with Crippen LogP contribution in [0.5, 0.6) is 0 Å². The summed E-state index contributed by atoms with van der Waals surface area (Å²) in [5.41, 5.74) is 0. The van der Waals surface area contributed by atoms with Gasteiger partial charge in [0.15, 0.2) is 0 Å². The molecule has 5 nitrogen and oxygen atoms in total. The van der Waals surface area contributed by atoms with Crippen LogP contribution >= 0.6 is 0 Å². The summed E-state index contributed by atoms with van der Waals surface area (Å²) >= 11 is 0. The normalized spacial score (nSPS) is 26.4. The van der Waals surface area contributed by atoms with Gasteiger partial charge in [0.1, 0.15) is 0 Å². The fourth-order valence-corrected chi connectivity index (χ4v) is 4.42. The zero-order valence-corrected chi connectivity index (χ0v) is 15.2. The Morgan fingerprint density at radius 3 is 2.25 bits per heavy atom. The second-order valence-corrected chi connectivity index (χ2v) is 7.71. The average molecular weight is 338 g/mol. The van der Waals surface area contributed by atoms with Crippen LogP contribution in [0.3, 0.4) is 0 Å². The minimum atomic E-state index is 0.175. The van der Waals surface area contributed by atoms with E-state index in [4.69, 9.17) is 4.74 Å². The molecule has 0 unspecified atom stereocenters. The third-order valence-electron chi connectivity index (χ3n) is 5.96. The van der Waals surface area contributed by atoms with Gasteiger partial charge in [-0.2, -0.15) is 0 Å². The van der Waals surface area contributed by atoms with Crippen LogP contribution < -0.4 is 5.32 Å². The van der Waals surface area contributed by atoms with Crippen molar-refractivity contribution in [1.29, 1.82) is 0 Å². The van der Waals surface area contributed by atoms with Gasteiger partial charge in [0.05, 0.1) is 0 Å². The summed E-state index contributed by atoms with van der Waals surface area (Å²) in [6.45, 7) is 5.70. The molecular formula is C19H35N3O2. The molecule has 1 N–H and O–H groups in total. The first kappa shape index (κ1) is 18.0. The molecule has 3 aliphatic rings. The van der Waals surface area contributed by atoms with Crippen molar-refractivity contribution in [2.75, 3.05) is 39.4 Å². The Morgan fingerprint density at radius 1 is 0.792 bits per heavy atom. The SMILES string of the molecule is O=C(NC1CCCCCCC1)N1CCCN(C2CCOCC2)CC1. The van der Waals surface area contributed by atoms with Crippen molar-refractivity contribution in [3.05, 3.63) is 0 Å². The van der Waals surface area contributed by atoms with E-state index in [1.165, 1.54) is 32.1 Å². The molecule has 0 aromatic carbocycles. The fraction of sp³-hybridized carbons (Fsp3) is 0.947. The molecule has 2 saturated heterocycles. The smallest absolute Gasteiger partial charge is 0.317 e. The van der Waals surface area contributed by atoms with Crippen LogP contribution in [0.2, 0.25) is 0 Å². The van der Waals surface area contributed by atoms with Gasteiger partial charge in [0, 0.05) is 51.5 Å². The molecule has 2 amide bonds. The lowest BCUT2D eigenvalue weighted by atomic mass is 9.97. The second kappa shape index (κ2) is 9.62. The number of hydrogen-bond acceptors (Lipinski definition) is 3. The minimum absolute atomic E-state index is 0.175. The largest absolute Gasteiger partial charge is 0.381 e. The number of carbonyl (C=O) groups is 1. The van der Waals surface area contributed by atoms with Crippen molar-refractivity contribution in [3.8, 4) is 0 Å². The van der Waals surface area contributed by atoms with Gasteiger partial charge in [-0.15, -0.1) is 0 Å². The van der Waals surface area contributed by atoms with E-state index in [0.717, 1.165) is 71.5 Å². The molecule has 3 fully saturated rings.